The van der Waals surface area contributed by atoms with E-state index in [0.717, 1.165) is 11.1 Å². The molecule has 0 radical (unpaired) electrons. The van der Waals surface area contributed by atoms with Crippen LogP contribution in [0.15, 0.2) is 54.9 Å². The van der Waals surface area contributed by atoms with Crippen molar-refractivity contribution in [3.8, 4) is 0 Å². The van der Waals surface area contributed by atoms with E-state index >= 15 is 0 Å². The third-order valence-corrected chi connectivity index (χ3v) is 3.17. The lowest BCUT2D eigenvalue weighted by Crippen LogP contribution is -2.33. The van der Waals surface area contributed by atoms with E-state index in [1.165, 1.54) is 0 Å². The van der Waals surface area contributed by atoms with Crippen LogP contribution >= 0.6 is 0 Å². The Morgan fingerprint density at radius 2 is 1.47 bits per heavy atom. The van der Waals surface area contributed by atoms with Crippen LogP contribution in [-0.4, -0.2) is 10.1 Å². The second-order valence-electron chi connectivity index (χ2n) is 4.52. The predicted molar refractivity (Wildman–Crippen MR) is 68.5 cm³/mol. The molecule has 0 saturated heterocycles. The van der Waals surface area contributed by atoms with Gasteiger partial charge in [0.15, 0.2) is 0 Å². The molecule has 1 N–H and O–H groups in total. The van der Waals surface area contributed by atoms with Crippen LogP contribution < -0.4 is 0 Å². The Hall–Kier alpha value is -1.67. The minimum atomic E-state index is -0.954. The zero-order valence-corrected chi connectivity index (χ0v) is 10.2. The summed E-state index contributed by atoms with van der Waals surface area (Å²) in [5.41, 5.74) is 0.847. The highest BCUT2D eigenvalue weighted by Crippen LogP contribution is 2.35. The van der Waals surface area contributed by atoms with Gasteiger partial charge >= 0.3 is 0 Å². The summed E-state index contributed by atoms with van der Waals surface area (Å²) >= 11 is 0. The van der Waals surface area contributed by atoms with Crippen molar-refractivity contribution in [3.05, 3.63) is 66.0 Å². The standard InChI is InChI=1S/C15H17NO/c1-12(2)15(17,13-6-4-3-5-7-13)14-8-10-16-11-9-14/h3-12,17H,1-2H3/t15-/m1/s1. The molecule has 0 unspecified atom stereocenters. The first-order valence-corrected chi connectivity index (χ1v) is 5.84. The molecule has 0 aliphatic carbocycles. The van der Waals surface area contributed by atoms with Crippen molar-refractivity contribution in [3.63, 3.8) is 0 Å². The van der Waals surface area contributed by atoms with Gasteiger partial charge in [-0.1, -0.05) is 44.2 Å². The van der Waals surface area contributed by atoms with Crippen molar-refractivity contribution in [2.24, 2.45) is 5.92 Å². The second-order valence-corrected chi connectivity index (χ2v) is 4.52. The van der Waals surface area contributed by atoms with E-state index in [0.29, 0.717) is 0 Å². The Labute approximate surface area is 102 Å². The molecule has 0 saturated carbocycles. The third-order valence-electron chi connectivity index (χ3n) is 3.17. The molecule has 0 fully saturated rings. The molecular weight excluding hydrogens is 210 g/mol. The first-order valence-electron chi connectivity index (χ1n) is 5.84. The second kappa shape index (κ2) is 4.68. The SMILES string of the molecule is CC(C)[C@@](O)(c1ccccc1)c1ccncc1. The minimum absolute atomic E-state index is 0.0901. The van der Waals surface area contributed by atoms with Gasteiger partial charge in [-0.3, -0.25) is 4.98 Å². The number of pyridine rings is 1. The highest BCUT2D eigenvalue weighted by Gasteiger charge is 2.34. The molecule has 2 heteroatoms. The van der Waals surface area contributed by atoms with Gasteiger partial charge in [-0.25, -0.2) is 0 Å². The number of aromatic nitrogens is 1. The Balaban J connectivity index is 2.55. The molecule has 0 bridgehead atoms. The number of hydrogen-bond acceptors (Lipinski definition) is 2. The quantitative estimate of drug-likeness (QED) is 0.874. The molecule has 0 aliphatic rings. The monoisotopic (exact) mass is 227 g/mol. The first-order chi connectivity index (χ1) is 8.15. The number of benzene rings is 1. The van der Waals surface area contributed by atoms with Crippen LogP contribution in [0.3, 0.4) is 0 Å². The van der Waals surface area contributed by atoms with E-state index < -0.39 is 5.60 Å². The molecule has 1 aromatic heterocycles. The van der Waals surface area contributed by atoms with E-state index in [1.807, 2.05) is 56.3 Å². The van der Waals surface area contributed by atoms with Crippen molar-refractivity contribution < 1.29 is 5.11 Å². The van der Waals surface area contributed by atoms with Crippen LogP contribution in [-0.2, 0) is 5.60 Å². The van der Waals surface area contributed by atoms with E-state index in [1.54, 1.807) is 12.4 Å². The molecule has 17 heavy (non-hydrogen) atoms. The Bertz CT molecular complexity index is 425. The Kier molecular flexibility index (Phi) is 3.25. The zero-order valence-electron chi connectivity index (χ0n) is 10.2. The highest BCUT2D eigenvalue weighted by atomic mass is 16.3. The van der Waals surface area contributed by atoms with Crippen molar-refractivity contribution in [1.29, 1.82) is 0 Å². The molecule has 2 aromatic rings. The number of rotatable bonds is 3. The summed E-state index contributed by atoms with van der Waals surface area (Å²) in [7, 11) is 0. The van der Waals surface area contributed by atoms with Gasteiger partial charge in [0.25, 0.3) is 0 Å². The van der Waals surface area contributed by atoms with Crippen molar-refractivity contribution in [2.75, 3.05) is 0 Å². The number of hydrogen-bond donors (Lipinski definition) is 1. The molecule has 88 valence electrons. The lowest BCUT2D eigenvalue weighted by atomic mass is 9.78. The van der Waals surface area contributed by atoms with Gasteiger partial charge in [0, 0.05) is 12.4 Å². The van der Waals surface area contributed by atoms with Gasteiger partial charge in [0.2, 0.25) is 0 Å². The smallest absolute Gasteiger partial charge is 0.117 e. The first kappa shape index (κ1) is 11.8. The summed E-state index contributed by atoms with van der Waals surface area (Å²) in [6, 6.07) is 13.5. The fourth-order valence-electron chi connectivity index (χ4n) is 2.13. The molecule has 0 aliphatic heterocycles. The zero-order chi connectivity index (χ0) is 12.3. The van der Waals surface area contributed by atoms with Crippen LogP contribution in [0.4, 0.5) is 0 Å². The van der Waals surface area contributed by atoms with Crippen LogP contribution in [0.2, 0.25) is 0 Å². The number of aliphatic hydroxyl groups is 1. The summed E-state index contributed by atoms with van der Waals surface area (Å²) in [5.74, 6) is 0.0901. The van der Waals surface area contributed by atoms with Gasteiger partial charge < -0.3 is 5.11 Å². The van der Waals surface area contributed by atoms with Gasteiger partial charge in [0.05, 0.1) is 0 Å². The maximum atomic E-state index is 11.0. The predicted octanol–water partition coefficient (Wildman–Crippen LogP) is 2.97. The molecule has 1 atom stereocenters. The van der Waals surface area contributed by atoms with Crippen LogP contribution in [0.1, 0.15) is 25.0 Å². The average Bonchev–Trinajstić information content (AvgIpc) is 2.39. The third kappa shape index (κ3) is 2.08. The maximum Gasteiger partial charge on any atom is 0.117 e. The molecule has 1 aromatic carbocycles. The lowest BCUT2D eigenvalue weighted by Gasteiger charge is -2.33. The van der Waals surface area contributed by atoms with Crippen molar-refractivity contribution in [2.45, 2.75) is 19.4 Å². The fraction of sp³-hybridized carbons (Fsp3) is 0.267. The Morgan fingerprint density at radius 1 is 0.941 bits per heavy atom. The van der Waals surface area contributed by atoms with E-state index in [9.17, 15) is 5.11 Å². The van der Waals surface area contributed by atoms with Gasteiger partial charge in [0.1, 0.15) is 5.60 Å². The maximum absolute atomic E-state index is 11.0. The van der Waals surface area contributed by atoms with Gasteiger partial charge in [-0.2, -0.15) is 0 Å². The van der Waals surface area contributed by atoms with Gasteiger partial charge in [-0.15, -0.1) is 0 Å². The van der Waals surface area contributed by atoms with E-state index in [-0.39, 0.29) is 5.92 Å². The molecule has 2 rings (SSSR count). The minimum Gasteiger partial charge on any atom is -0.380 e. The van der Waals surface area contributed by atoms with Crippen molar-refractivity contribution in [1.82, 2.24) is 4.98 Å². The molecule has 2 nitrogen and oxygen atoms in total. The summed E-state index contributed by atoms with van der Waals surface area (Å²) in [5, 5.41) is 11.0. The molecule has 1 heterocycles. The van der Waals surface area contributed by atoms with Crippen molar-refractivity contribution >= 4 is 0 Å². The average molecular weight is 227 g/mol. The van der Waals surface area contributed by atoms with Crippen LogP contribution in [0, 0.1) is 5.92 Å². The molecule has 0 spiro atoms. The van der Waals surface area contributed by atoms with E-state index in [4.69, 9.17) is 0 Å². The highest BCUT2D eigenvalue weighted by molar-refractivity contribution is 5.35. The largest absolute Gasteiger partial charge is 0.380 e. The van der Waals surface area contributed by atoms with E-state index in [2.05, 4.69) is 4.98 Å². The summed E-state index contributed by atoms with van der Waals surface area (Å²) in [6.07, 6.45) is 3.43. The van der Waals surface area contributed by atoms with Crippen LogP contribution in [0.5, 0.6) is 0 Å². The number of nitrogens with zero attached hydrogens (tertiary/aromatic N) is 1. The Morgan fingerprint density at radius 3 is 2.00 bits per heavy atom. The summed E-state index contributed by atoms with van der Waals surface area (Å²) in [6.45, 7) is 4.04. The van der Waals surface area contributed by atoms with Gasteiger partial charge in [-0.05, 0) is 29.2 Å². The molecular formula is C15H17NO. The lowest BCUT2D eigenvalue weighted by molar-refractivity contribution is 0.0317. The van der Waals surface area contributed by atoms with Crippen LogP contribution in [0.25, 0.3) is 0 Å². The molecule has 0 amide bonds. The normalized spacial score (nSPS) is 14.6. The topological polar surface area (TPSA) is 33.1 Å². The summed E-state index contributed by atoms with van der Waals surface area (Å²) in [4.78, 5) is 4.00. The summed E-state index contributed by atoms with van der Waals surface area (Å²) < 4.78 is 0. The fourth-order valence-corrected chi connectivity index (χ4v) is 2.13.